The fourth-order valence-corrected chi connectivity index (χ4v) is 1.48. The highest BCUT2D eigenvalue weighted by molar-refractivity contribution is 5.27. The highest BCUT2D eigenvalue weighted by Crippen LogP contribution is 2.11. The number of ether oxygens (including phenoxy) is 1. The number of anilines is 1. The highest BCUT2D eigenvalue weighted by atomic mass is 16.5. The van der Waals surface area contributed by atoms with Crippen LogP contribution in [0.3, 0.4) is 0 Å². The number of oxazole rings is 1. The van der Waals surface area contributed by atoms with E-state index in [0.717, 1.165) is 12.2 Å². The van der Waals surface area contributed by atoms with Gasteiger partial charge in [-0.3, -0.25) is 0 Å². The quantitative estimate of drug-likeness (QED) is 0.862. The zero-order chi connectivity index (χ0) is 13.7. The van der Waals surface area contributed by atoms with E-state index in [4.69, 9.17) is 9.15 Å². The van der Waals surface area contributed by atoms with Crippen LogP contribution in [0.15, 0.2) is 22.9 Å². The monoisotopic (exact) mass is 262 g/mol. The number of nitrogens with zero attached hydrogens (tertiary/aromatic N) is 3. The van der Waals surface area contributed by atoms with Crippen LogP contribution in [-0.2, 0) is 13.0 Å². The normalized spacial score (nSPS) is 10.7. The lowest BCUT2D eigenvalue weighted by Crippen LogP contribution is -2.09. The molecule has 0 aliphatic rings. The van der Waals surface area contributed by atoms with Crippen molar-refractivity contribution in [3.05, 3.63) is 30.1 Å². The average molecular weight is 262 g/mol. The van der Waals surface area contributed by atoms with Gasteiger partial charge in [0.25, 0.3) is 0 Å². The molecule has 0 aliphatic heterocycles. The van der Waals surface area contributed by atoms with Crippen molar-refractivity contribution in [2.75, 3.05) is 5.32 Å². The van der Waals surface area contributed by atoms with E-state index in [1.807, 2.05) is 20.8 Å². The molecule has 6 heteroatoms. The Morgan fingerprint density at radius 1 is 1.37 bits per heavy atom. The van der Waals surface area contributed by atoms with Gasteiger partial charge in [-0.15, -0.1) is 0 Å². The molecule has 102 valence electrons. The number of rotatable bonds is 6. The van der Waals surface area contributed by atoms with Crippen LogP contribution in [0, 0.1) is 0 Å². The van der Waals surface area contributed by atoms with Crippen molar-refractivity contribution in [2.24, 2.45) is 0 Å². The maximum absolute atomic E-state index is 5.50. The summed E-state index contributed by atoms with van der Waals surface area (Å²) in [6, 6.07) is 1.73. The third kappa shape index (κ3) is 3.94. The molecule has 2 aromatic heterocycles. The first-order valence-electron chi connectivity index (χ1n) is 6.34. The van der Waals surface area contributed by atoms with Gasteiger partial charge < -0.3 is 14.5 Å². The Morgan fingerprint density at radius 2 is 2.21 bits per heavy atom. The van der Waals surface area contributed by atoms with E-state index in [-0.39, 0.29) is 6.10 Å². The molecule has 1 N–H and O–H groups in total. The number of nitrogens with one attached hydrogen (secondary N) is 1. The summed E-state index contributed by atoms with van der Waals surface area (Å²) in [6.07, 6.45) is 4.30. The molecular weight excluding hydrogens is 244 g/mol. The lowest BCUT2D eigenvalue weighted by molar-refractivity contribution is 0.232. The summed E-state index contributed by atoms with van der Waals surface area (Å²) in [5, 5.41) is 3.05. The predicted molar refractivity (Wildman–Crippen MR) is 71.0 cm³/mol. The number of aryl methyl sites for hydroxylation is 1. The van der Waals surface area contributed by atoms with Crippen molar-refractivity contribution in [1.29, 1.82) is 0 Å². The third-order valence-corrected chi connectivity index (χ3v) is 2.33. The van der Waals surface area contributed by atoms with E-state index in [0.29, 0.717) is 24.3 Å². The molecule has 19 heavy (non-hydrogen) atoms. The molecule has 2 rings (SSSR count). The Labute approximate surface area is 112 Å². The van der Waals surface area contributed by atoms with Gasteiger partial charge >= 0.3 is 0 Å². The number of hydrogen-bond donors (Lipinski definition) is 1. The predicted octanol–water partition coefficient (Wildman–Crippen LogP) is 2.43. The van der Waals surface area contributed by atoms with E-state index in [1.54, 1.807) is 18.5 Å². The molecule has 0 radical (unpaired) electrons. The zero-order valence-electron chi connectivity index (χ0n) is 11.4. The van der Waals surface area contributed by atoms with Gasteiger partial charge in [-0.25, -0.2) is 9.97 Å². The van der Waals surface area contributed by atoms with Crippen molar-refractivity contribution in [3.8, 4) is 5.88 Å². The van der Waals surface area contributed by atoms with Gasteiger partial charge in [-0.1, -0.05) is 6.92 Å². The van der Waals surface area contributed by atoms with Crippen molar-refractivity contribution in [1.82, 2.24) is 15.0 Å². The molecule has 0 aliphatic carbocycles. The maximum atomic E-state index is 5.50. The Hall–Kier alpha value is -2.11. The Kier molecular flexibility index (Phi) is 4.33. The van der Waals surface area contributed by atoms with Crippen LogP contribution >= 0.6 is 0 Å². The molecule has 0 saturated heterocycles. The Bertz CT molecular complexity index is 525. The van der Waals surface area contributed by atoms with Gasteiger partial charge in [-0.05, 0) is 13.8 Å². The number of aromatic nitrogens is 3. The molecule has 6 nitrogen and oxygen atoms in total. The summed E-state index contributed by atoms with van der Waals surface area (Å²) < 4.78 is 11.0. The smallest absolute Gasteiger partial charge is 0.226 e. The minimum Gasteiger partial charge on any atom is -0.475 e. The van der Waals surface area contributed by atoms with Crippen molar-refractivity contribution < 1.29 is 9.15 Å². The zero-order valence-corrected chi connectivity index (χ0v) is 11.4. The van der Waals surface area contributed by atoms with E-state index in [1.165, 1.54) is 0 Å². The molecule has 0 atom stereocenters. The van der Waals surface area contributed by atoms with E-state index in [9.17, 15) is 0 Å². The van der Waals surface area contributed by atoms with Crippen LogP contribution in [0.2, 0.25) is 0 Å². The van der Waals surface area contributed by atoms with Crippen LogP contribution in [0.25, 0.3) is 0 Å². The van der Waals surface area contributed by atoms with Crippen LogP contribution in [0.5, 0.6) is 5.88 Å². The van der Waals surface area contributed by atoms with Gasteiger partial charge in [0.2, 0.25) is 17.7 Å². The van der Waals surface area contributed by atoms with Gasteiger partial charge in [-0.2, -0.15) is 4.98 Å². The van der Waals surface area contributed by atoms with Crippen molar-refractivity contribution in [3.63, 3.8) is 0 Å². The summed E-state index contributed by atoms with van der Waals surface area (Å²) in [6.45, 7) is 6.38. The summed E-state index contributed by atoms with van der Waals surface area (Å²) in [5.41, 5.74) is 0. The van der Waals surface area contributed by atoms with E-state index >= 15 is 0 Å². The lowest BCUT2D eigenvalue weighted by atomic mass is 10.4. The molecule has 2 heterocycles. The summed E-state index contributed by atoms with van der Waals surface area (Å²) in [4.78, 5) is 12.5. The third-order valence-electron chi connectivity index (χ3n) is 2.33. The van der Waals surface area contributed by atoms with Gasteiger partial charge in [0.15, 0.2) is 0 Å². The molecular formula is C13H18N4O2. The fourth-order valence-electron chi connectivity index (χ4n) is 1.48. The molecule has 2 aromatic rings. The first-order chi connectivity index (χ1) is 9.17. The van der Waals surface area contributed by atoms with Gasteiger partial charge in [0.1, 0.15) is 5.76 Å². The lowest BCUT2D eigenvalue weighted by Gasteiger charge is -2.09. The maximum Gasteiger partial charge on any atom is 0.226 e. The van der Waals surface area contributed by atoms with Crippen LogP contribution in [0.1, 0.15) is 32.4 Å². The Morgan fingerprint density at radius 3 is 2.89 bits per heavy atom. The SMILES string of the molecule is CCc1cnc(CNc2nccc(OC(C)C)n2)o1. The molecule has 0 aromatic carbocycles. The largest absolute Gasteiger partial charge is 0.475 e. The van der Waals surface area contributed by atoms with Crippen LogP contribution in [0.4, 0.5) is 5.95 Å². The second-order valence-electron chi connectivity index (χ2n) is 4.31. The minimum absolute atomic E-state index is 0.0848. The molecule has 0 spiro atoms. The molecule has 0 unspecified atom stereocenters. The topological polar surface area (TPSA) is 73.1 Å². The summed E-state index contributed by atoms with van der Waals surface area (Å²) in [5.74, 6) is 2.54. The first-order valence-corrected chi connectivity index (χ1v) is 6.34. The second-order valence-corrected chi connectivity index (χ2v) is 4.31. The van der Waals surface area contributed by atoms with Gasteiger partial charge in [0.05, 0.1) is 18.8 Å². The van der Waals surface area contributed by atoms with Crippen LogP contribution in [-0.4, -0.2) is 21.1 Å². The summed E-state index contributed by atoms with van der Waals surface area (Å²) in [7, 11) is 0. The Balaban J connectivity index is 1.95. The van der Waals surface area contributed by atoms with E-state index in [2.05, 4.69) is 20.3 Å². The first kappa shape index (κ1) is 13.3. The second kappa shape index (κ2) is 6.17. The minimum atomic E-state index is 0.0848. The molecule has 0 amide bonds. The van der Waals surface area contributed by atoms with Crippen molar-refractivity contribution >= 4 is 5.95 Å². The molecule has 0 fully saturated rings. The van der Waals surface area contributed by atoms with Crippen LogP contribution < -0.4 is 10.1 Å². The molecule has 0 saturated carbocycles. The van der Waals surface area contributed by atoms with Gasteiger partial charge in [0, 0.05) is 18.7 Å². The molecule has 0 bridgehead atoms. The number of hydrogen-bond acceptors (Lipinski definition) is 6. The standard InChI is InChI=1S/C13H18N4O2/c1-4-10-7-15-12(19-10)8-16-13-14-6-5-11(17-13)18-9(2)3/h5-7,9H,4,8H2,1-3H3,(H,14,16,17). The van der Waals surface area contributed by atoms with Crippen molar-refractivity contribution in [2.45, 2.75) is 39.8 Å². The van der Waals surface area contributed by atoms with E-state index < -0.39 is 0 Å². The highest BCUT2D eigenvalue weighted by Gasteiger charge is 2.05. The average Bonchev–Trinajstić information content (AvgIpc) is 2.84. The fraction of sp³-hybridized carbons (Fsp3) is 0.462. The summed E-state index contributed by atoms with van der Waals surface area (Å²) >= 11 is 0.